The van der Waals surface area contributed by atoms with Gasteiger partial charge in [-0.15, -0.1) is 56.7 Å². The van der Waals surface area contributed by atoms with E-state index in [1.54, 1.807) is 0 Å². The third kappa shape index (κ3) is 5.00. The van der Waals surface area contributed by atoms with Crippen LogP contribution in [0.4, 0.5) is 0 Å². The first-order valence-electron chi connectivity index (χ1n) is 13.2. The quantitative estimate of drug-likeness (QED) is 0.132. The fraction of sp³-hybridized carbons (Fsp3) is 0.400. The molecule has 0 saturated heterocycles. The average molecular weight is 553 g/mol. The maximum absolute atomic E-state index is 2.43. The second kappa shape index (κ2) is 11.0. The van der Waals surface area contributed by atoms with Crippen LogP contribution in [-0.2, 0) is 6.42 Å². The summed E-state index contributed by atoms with van der Waals surface area (Å²) in [4.78, 5) is 1.41. The van der Waals surface area contributed by atoms with E-state index in [9.17, 15) is 0 Å². The highest BCUT2D eigenvalue weighted by atomic mass is 32.1. The van der Waals surface area contributed by atoms with Gasteiger partial charge in [-0.3, -0.25) is 0 Å². The summed E-state index contributed by atoms with van der Waals surface area (Å²) in [6.45, 7) is 2.29. The lowest BCUT2D eigenvalue weighted by molar-refractivity contribution is 0.556. The molecule has 6 rings (SSSR count). The van der Waals surface area contributed by atoms with E-state index in [1.807, 2.05) is 56.7 Å². The fourth-order valence-electron chi connectivity index (χ4n) is 5.05. The molecule has 5 aromatic heterocycles. The van der Waals surface area contributed by atoms with Crippen molar-refractivity contribution in [3.63, 3.8) is 0 Å². The van der Waals surface area contributed by atoms with Gasteiger partial charge in [0.1, 0.15) is 0 Å². The Kier molecular flexibility index (Phi) is 7.59. The van der Waals surface area contributed by atoms with Crippen LogP contribution in [0.1, 0.15) is 76.7 Å². The predicted molar refractivity (Wildman–Crippen MR) is 167 cm³/mol. The van der Waals surface area contributed by atoms with Crippen molar-refractivity contribution in [1.29, 1.82) is 0 Å². The van der Waals surface area contributed by atoms with E-state index < -0.39 is 0 Å². The van der Waals surface area contributed by atoms with Gasteiger partial charge < -0.3 is 0 Å². The molecule has 35 heavy (non-hydrogen) atoms. The van der Waals surface area contributed by atoms with Crippen molar-refractivity contribution in [3.05, 3.63) is 47.3 Å². The van der Waals surface area contributed by atoms with Crippen molar-refractivity contribution >= 4 is 94.3 Å². The molecule has 0 unspecified atom stereocenters. The van der Waals surface area contributed by atoms with E-state index >= 15 is 0 Å². The predicted octanol–water partition coefficient (Wildman–Crippen LogP) is 12.7. The van der Waals surface area contributed by atoms with Gasteiger partial charge in [0.05, 0.1) is 28.2 Å². The summed E-state index contributed by atoms with van der Waals surface area (Å²) in [6.07, 6.45) is 15.3. The number of aryl methyl sites for hydroxylation is 1. The van der Waals surface area contributed by atoms with E-state index in [0.29, 0.717) is 0 Å². The van der Waals surface area contributed by atoms with Crippen LogP contribution in [0, 0.1) is 0 Å². The Hall–Kier alpha value is -1.24. The Labute approximate surface area is 228 Å². The Morgan fingerprint density at radius 2 is 1.17 bits per heavy atom. The number of thiophene rings is 5. The normalized spacial score (nSPS) is 12.3. The van der Waals surface area contributed by atoms with Crippen molar-refractivity contribution < 1.29 is 0 Å². The van der Waals surface area contributed by atoms with E-state index in [-0.39, 0.29) is 0 Å². The maximum atomic E-state index is 2.43. The van der Waals surface area contributed by atoms with Gasteiger partial charge >= 0.3 is 0 Å². The molecule has 0 nitrogen and oxygen atoms in total. The average Bonchev–Trinajstić information content (AvgIpc) is 3.65. The molecule has 5 heterocycles. The lowest BCUT2D eigenvalue weighted by atomic mass is 10.0. The minimum Gasteiger partial charge on any atom is -0.141 e. The zero-order valence-corrected chi connectivity index (χ0v) is 24.4. The van der Waals surface area contributed by atoms with Crippen LogP contribution in [0.2, 0.25) is 0 Å². The number of benzene rings is 1. The van der Waals surface area contributed by atoms with Crippen molar-refractivity contribution in [2.45, 2.75) is 77.6 Å². The fourth-order valence-corrected chi connectivity index (χ4v) is 12.0. The van der Waals surface area contributed by atoms with Gasteiger partial charge in [0.25, 0.3) is 0 Å². The lowest BCUT2D eigenvalue weighted by Crippen LogP contribution is -1.87. The largest absolute Gasteiger partial charge is 0.141 e. The number of rotatable bonds is 12. The van der Waals surface area contributed by atoms with Crippen molar-refractivity contribution in [2.75, 3.05) is 0 Å². The number of fused-ring (bicyclic) bond motifs is 7. The van der Waals surface area contributed by atoms with Gasteiger partial charge in [-0.25, -0.2) is 0 Å². The van der Waals surface area contributed by atoms with Gasteiger partial charge in [-0.05, 0) is 41.5 Å². The molecule has 0 spiro atoms. The highest BCUT2D eigenvalue weighted by Gasteiger charge is 2.19. The molecule has 0 radical (unpaired) electrons. The summed E-state index contributed by atoms with van der Waals surface area (Å²) in [5.41, 5.74) is 2.87. The molecule has 182 valence electrons. The first-order chi connectivity index (χ1) is 17.3. The monoisotopic (exact) mass is 552 g/mol. The molecule has 0 fully saturated rings. The third-order valence-corrected chi connectivity index (χ3v) is 13.6. The molecule has 0 aliphatic carbocycles. The smallest absolute Gasteiger partial charge is 0.0651 e. The first kappa shape index (κ1) is 24.1. The molecule has 0 amide bonds. The molecule has 6 aromatic rings. The summed E-state index contributed by atoms with van der Waals surface area (Å²) in [5, 5.41) is 2.23. The zero-order valence-electron chi connectivity index (χ0n) is 20.4. The minimum absolute atomic E-state index is 1.22. The van der Waals surface area contributed by atoms with Crippen LogP contribution in [0.5, 0.6) is 0 Å². The van der Waals surface area contributed by atoms with Gasteiger partial charge in [0.2, 0.25) is 0 Å². The Morgan fingerprint density at radius 1 is 0.543 bits per heavy atom. The van der Waals surface area contributed by atoms with E-state index in [0.717, 1.165) is 0 Å². The Balaban J connectivity index is 1.05. The van der Waals surface area contributed by atoms with Crippen LogP contribution in [0.15, 0.2) is 41.8 Å². The Morgan fingerprint density at radius 3 is 1.91 bits per heavy atom. The summed E-state index contributed by atoms with van der Waals surface area (Å²) in [6, 6.07) is 14.1. The molecule has 0 aliphatic heterocycles. The van der Waals surface area contributed by atoms with Crippen LogP contribution in [-0.4, -0.2) is 0 Å². The molecular weight excluding hydrogens is 521 g/mol. The van der Waals surface area contributed by atoms with Crippen molar-refractivity contribution in [2.24, 2.45) is 0 Å². The first-order valence-corrected chi connectivity index (χ1v) is 17.3. The van der Waals surface area contributed by atoms with Gasteiger partial charge in [-0.2, -0.15) is 0 Å². The Bertz CT molecular complexity index is 1530. The minimum atomic E-state index is 1.22. The van der Waals surface area contributed by atoms with Gasteiger partial charge in [0, 0.05) is 14.3 Å². The van der Waals surface area contributed by atoms with E-state index in [4.69, 9.17) is 0 Å². The topological polar surface area (TPSA) is 0 Å². The SMILES string of the molecule is CCCCCCCCCCCCc1ccc(-c2cc3sc4c(sc5c6sccc6sc54)c3s2)cc1. The summed E-state index contributed by atoms with van der Waals surface area (Å²) < 4.78 is 11.9. The molecule has 0 saturated carbocycles. The van der Waals surface area contributed by atoms with Crippen LogP contribution < -0.4 is 0 Å². The molecule has 0 bridgehead atoms. The third-order valence-electron chi connectivity index (χ3n) is 7.04. The van der Waals surface area contributed by atoms with E-state index in [1.165, 1.54) is 124 Å². The number of unbranched alkanes of at least 4 members (excludes halogenated alkanes) is 9. The van der Waals surface area contributed by atoms with E-state index in [2.05, 4.69) is 48.7 Å². The van der Waals surface area contributed by atoms with Gasteiger partial charge in [-0.1, -0.05) is 89.0 Å². The summed E-state index contributed by atoms with van der Waals surface area (Å²) >= 11 is 9.86. The zero-order chi connectivity index (χ0) is 23.6. The second-order valence-corrected chi connectivity index (χ2v) is 14.8. The molecule has 1 aromatic carbocycles. The summed E-state index contributed by atoms with van der Waals surface area (Å²) in [5.74, 6) is 0. The molecule has 0 N–H and O–H groups in total. The number of hydrogen-bond donors (Lipinski definition) is 0. The maximum Gasteiger partial charge on any atom is 0.0651 e. The van der Waals surface area contributed by atoms with Gasteiger partial charge in [0.15, 0.2) is 0 Å². The number of hydrogen-bond acceptors (Lipinski definition) is 5. The van der Waals surface area contributed by atoms with Crippen LogP contribution >= 0.6 is 56.7 Å². The molecule has 5 heteroatoms. The van der Waals surface area contributed by atoms with Crippen LogP contribution in [0.25, 0.3) is 48.0 Å². The van der Waals surface area contributed by atoms with Crippen LogP contribution in [0.3, 0.4) is 0 Å². The second-order valence-electron chi connectivity index (χ2n) is 9.67. The summed E-state index contributed by atoms with van der Waals surface area (Å²) in [7, 11) is 0. The lowest BCUT2D eigenvalue weighted by Gasteiger charge is -2.04. The van der Waals surface area contributed by atoms with Crippen molar-refractivity contribution in [3.8, 4) is 10.4 Å². The highest BCUT2D eigenvalue weighted by Crippen LogP contribution is 2.53. The highest BCUT2D eigenvalue weighted by molar-refractivity contribution is 7.48. The molecule has 0 aliphatic rings. The van der Waals surface area contributed by atoms with Crippen molar-refractivity contribution in [1.82, 2.24) is 0 Å². The standard InChI is InChI=1S/C30H32S5/c1-2-3-4-5-6-7-8-9-10-11-12-20-13-15-21(16-14-20)23-19-24-26(33-23)28-30(34-24)29-27(35-28)25-22(32-29)17-18-31-25/h13-19H,2-12H2,1H3. The molecular formula is C30H32S5. The molecule has 0 atom stereocenters.